The molecule has 1 atom stereocenters. The number of amides is 2. The van der Waals surface area contributed by atoms with E-state index in [2.05, 4.69) is 15.3 Å². The van der Waals surface area contributed by atoms with E-state index in [4.69, 9.17) is 0 Å². The first-order valence-electron chi connectivity index (χ1n) is 8.65. The van der Waals surface area contributed by atoms with Crippen LogP contribution in [-0.2, 0) is 11.3 Å². The molecule has 0 bridgehead atoms. The maximum atomic E-state index is 13.1. The van der Waals surface area contributed by atoms with Crippen LogP contribution in [0.4, 0.5) is 0 Å². The van der Waals surface area contributed by atoms with Crippen LogP contribution >= 0.6 is 11.3 Å². The molecule has 2 rings (SSSR count). The minimum Gasteiger partial charge on any atom is -0.395 e. The summed E-state index contributed by atoms with van der Waals surface area (Å²) >= 11 is 1.34. The smallest absolute Gasteiger partial charge is 0.261 e. The Kier molecular flexibility index (Phi) is 7.35. The minimum atomic E-state index is -0.643. The number of nitrogens with zero attached hydrogens (tertiary/aromatic N) is 2. The summed E-state index contributed by atoms with van der Waals surface area (Å²) in [6.45, 7) is 6.22. The van der Waals surface area contributed by atoms with Gasteiger partial charge in [0, 0.05) is 12.2 Å². The van der Waals surface area contributed by atoms with Gasteiger partial charge >= 0.3 is 0 Å². The summed E-state index contributed by atoms with van der Waals surface area (Å²) in [6, 6.07) is 2.89. The van der Waals surface area contributed by atoms with Crippen molar-refractivity contribution in [3.05, 3.63) is 40.1 Å². The van der Waals surface area contributed by atoms with Gasteiger partial charge in [0.15, 0.2) is 0 Å². The third kappa shape index (κ3) is 5.40. The van der Waals surface area contributed by atoms with E-state index >= 15 is 0 Å². The number of rotatable bonds is 9. The average molecular weight is 378 g/mol. The molecule has 7 nitrogen and oxygen atoms in total. The molecule has 0 saturated heterocycles. The van der Waals surface area contributed by atoms with Gasteiger partial charge in [0.1, 0.15) is 6.04 Å². The summed E-state index contributed by atoms with van der Waals surface area (Å²) < 4.78 is 0. The van der Waals surface area contributed by atoms with Crippen LogP contribution in [0.25, 0.3) is 0 Å². The number of hydrogen-bond acceptors (Lipinski definition) is 5. The van der Waals surface area contributed by atoms with Crippen molar-refractivity contribution >= 4 is 23.2 Å². The number of carbonyl (C=O) groups is 2. The van der Waals surface area contributed by atoms with Gasteiger partial charge in [0.2, 0.25) is 5.91 Å². The number of imidazole rings is 1. The van der Waals surface area contributed by atoms with Crippen molar-refractivity contribution in [2.45, 2.75) is 39.8 Å². The molecule has 0 aliphatic heterocycles. The molecule has 0 aromatic carbocycles. The van der Waals surface area contributed by atoms with Crippen molar-refractivity contribution in [1.82, 2.24) is 20.2 Å². The zero-order valence-electron chi connectivity index (χ0n) is 15.4. The second kappa shape index (κ2) is 9.49. The van der Waals surface area contributed by atoms with E-state index in [1.54, 1.807) is 23.4 Å². The van der Waals surface area contributed by atoms with Crippen molar-refractivity contribution in [2.75, 3.05) is 13.2 Å². The Hall–Kier alpha value is -2.19. The van der Waals surface area contributed by atoms with E-state index in [0.29, 0.717) is 11.3 Å². The normalized spacial score (nSPS) is 12.2. The van der Waals surface area contributed by atoms with Crippen LogP contribution in [0, 0.1) is 12.8 Å². The standard InChI is InChI=1S/C18H26N4O3S/c1-12(2)9-14(21-17(24)16-5-4-8-26-16)18(25)22(6-7-23)10-15-13(3)19-11-20-15/h4-5,8,11-12,14,23H,6-7,9-10H2,1-3H3,(H,19,20)(H,21,24). The second-order valence-corrected chi connectivity index (χ2v) is 7.54. The molecule has 0 spiro atoms. The van der Waals surface area contributed by atoms with Crippen LogP contribution in [0.2, 0.25) is 0 Å². The van der Waals surface area contributed by atoms with Gasteiger partial charge in [-0.2, -0.15) is 0 Å². The molecule has 2 aromatic heterocycles. The fraction of sp³-hybridized carbons (Fsp3) is 0.500. The minimum absolute atomic E-state index is 0.150. The molecule has 26 heavy (non-hydrogen) atoms. The molecule has 3 N–H and O–H groups in total. The first-order valence-corrected chi connectivity index (χ1v) is 9.53. The Morgan fingerprint density at radius 2 is 2.19 bits per heavy atom. The van der Waals surface area contributed by atoms with Gasteiger partial charge in [-0.05, 0) is 30.7 Å². The van der Waals surface area contributed by atoms with E-state index in [1.807, 2.05) is 26.2 Å². The molecule has 0 aliphatic carbocycles. The number of nitrogens with one attached hydrogen (secondary N) is 2. The Balaban J connectivity index is 2.15. The van der Waals surface area contributed by atoms with E-state index in [0.717, 1.165) is 11.4 Å². The highest BCUT2D eigenvalue weighted by atomic mass is 32.1. The lowest BCUT2D eigenvalue weighted by Gasteiger charge is -2.28. The third-order valence-electron chi connectivity index (χ3n) is 4.01. The highest BCUT2D eigenvalue weighted by Crippen LogP contribution is 2.14. The number of aliphatic hydroxyl groups is 1. The summed E-state index contributed by atoms with van der Waals surface area (Å²) in [4.78, 5) is 34.8. The van der Waals surface area contributed by atoms with Crippen molar-refractivity contribution in [2.24, 2.45) is 5.92 Å². The molecule has 0 aliphatic rings. The van der Waals surface area contributed by atoms with Gasteiger partial charge in [-0.3, -0.25) is 9.59 Å². The SMILES string of the molecule is Cc1[nH]cnc1CN(CCO)C(=O)C(CC(C)C)NC(=O)c1cccs1. The topological polar surface area (TPSA) is 98.3 Å². The van der Waals surface area contributed by atoms with Crippen LogP contribution < -0.4 is 5.32 Å². The molecule has 1 unspecified atom stereocenters. The van der Waals surface area contributed by atoms with Crippen molar-refractivity contribution in [3.8, 4) is 0 Å². The maximum Gasteiger partial charge on any atom is 0.261 e. The summed E-state index contributed by atoms with van der Waals surface area (Å²) in [5.74, 6) is -0.227. The number of thiophene rings is 1. The summed E-state index contributed by atoms with van der Waals surface area (Å²) in [6.07, 6.45) is 2.11. The molecular weight excluding hydrogens is 352 g/mol. The Bertz CT molecular complexity index is 712. The maximum absolute atomic E-state index is 13.1. The lowest BCUT2D eigenvalue weighted by molar-refractivity contribution is -0.134. The van der Waals surface area contributed by atoms with Crippen LogP contribution in [0.15, 0.2) is 23.8 Å². The Labute approximate surface area is 157 Å². The molecular formula is C18H26N4O3S. The third-order valence-corrected chi connectivity index (χ3v) is 4.88. The molecule has 0 saturated carbocycles. The van der Waals surface area contributed by atoms with Crippen LogP contribution in [0.1, 0.15) is 41.3 Å². The average Bonchev–Trinajstić information content (AvgIpc) is 3.25. The monoisotopic (exact) mass is 378 g/mol. The van der Waals surface area contributed by atoms with E-state index < -0.39 is 6.04 Å². The van der Waals surface area contributed by atoms with Gasteiger partial charge in [0.25, 0.3) is 5.91 Å². The highest BCUT2D eigenvalue weighted by Gasteiger charge is 2.28. The van der Waals surface area contributed by atoms with E-state index in [1.165, 1.54) is 11.3 Å². The molecule has 2 heterocycles. The summed E-state index contributed by atoms with van der Waals surface area (Å²) in [5.41, 5.74) is 1.63. The number of carbonyl (C=O) groups excluding carboxylic acids is 2. The number of aliphatic hydroxyl groups excluding tert-OH is 1. The Morgan fingerprint density at radius 1 is 1.42 bits per heavy atom. The predicted octanol–water partition coefficient (Wildman–Crippen LogP) is 1.95. The summed E-state index contributed by atoms with van der Waals surface area (Å²) in [7, 11) is 0. The van der Waals surface area contributed by atoms with Gasteiger partial charge in [-0.15, -0.1) is 11.3 Å². The number of aromatic amines is 1. The molecule has 2 amide bonds. The van der Waals surface area contributed by atoms with Gasteiger partial charge in [-0.25, -0.2) is 4.98 Å². The molecule has 2 aromatic rings. The van der Waals surface area contributed by atoms with Crippen molar-refractivity contribution in [3.63, 3.8) is 0 Å². The van der Waals surface area contributed by atoms with E-state index in [9.17, 15) is 14.7 Å². The van der Waals surface area contributed by atoms with Crippen LogP contribution in [-0.4, -0.2) is 51.0 Å². The zero-order valence-corrected chi connectivity index (χ0v) is 16.2. The lowest BCUT2D eigenvalue weighted by Crippen LogP contribution is -2.49. The number of aromatic nitrogens is 2. The van der Waals surface area contributed by atoms with Gasteiger partial charge in [0.05, 0.1) is 30.1 Å². The molecule has 142 valence electrons. The quantitative estimate of drug-likeness (QED) is 0.621. The fourth-order valence-corrected chi connectivity index (χ4v) is 3.29. The Morgan fingerprint density at radius 3 is 2.73 bits per heavy atom. The molecule has 0 radical (unpaired) electrons. The largest absolute Gasteiger partial charge is 0.395 e. The summed E-state index contributed by atoms with van der Waals surface area (Å²) in [5, 5.41) is 14.1. The van der Waals surface area contributed by atoms with Gasteiger partial charge in [-0.1, -0.05) is 19.9 Å². The van der Waals surface area contributed by atoms with Crippen molar-refractivity contribution < 1.29 is 14.7 Å². The molecule has 0 fully saturated rings. The second-order valence-electron chi connectivity index (χ2n) is 6.59. The fourth-order valence-electron chi connectivity index (χ4n) is 2.67. The first-order chi connectivity index (χ1) is 12.4. The lowest BCUT2D eigenvalue weighted by atomic mass is 10.0. The number of H-pyrrole nitrogens is 1. The van der Waals surface area contributed by atoms with E-state index in [-0.39, 0.29) is 37.4 Å². The van der Waals surface area contributed by atoms with Gasteiger partial charge < -0.3 is 20.3 Å². The number of aryl methyl sites for hydroxylation is 1. The predicted molar refractivity (Wildman–Crippen MR) is 101 cm³/mol. The van der Waals surface area contributed by atoms with Crippen molar-refractivity contribution in [1.29, 1.82) is 0 Å². The van der Waals surface area contributed by atoms with Crippen LogP contribution in [0.3, 0.4) is 0 Å². The number of hydrogen-bond donors (Lipinski definition) is 3. The van der Waals surface area contributed by atoms with Crippen LogP contribution in [0.5, 0.6) is 0 Å². The zero-order chi connectivity index (χ0) is 19.1. The first kappa shape index (κ1) is 20.1. The highest BCUT2D eigenvalue weighted by molar-refractivity contribution is 7.12. The molecule has 8 heteroatoms.